The van der Waals surface area contributed by atoms with Crippen LogP contribution in [0, 0.1) is 52.3 Å². The first kappa shape index (κ1) is 30.1. The molecule has 11 atom stereocenters. The van der Waals surface area contributed by atoms with Crippen LogP contribution >= 0.6 is 0 Å². The maximum atomic E-state index is 15.3. The molecule has 0 saturated heterocycles. The molecule has 0 bridgehead atoms. The van der Waals surface area contributed by atoms with Crippen molar-refractivity contribution in [1.82, 2.24) is 20.0 Å². The zero-order valence-corrected chi connectivity index (χ0v) is 26.7. The minimum Gasteiger partial charge on any atom is -0.462 e. The lowest BCUT2D eigenvalue weighted by molar-refractivity contribution is -0.203. The smallest absolute Gasteiger partial charge is 0.302 e. The van der Waals surface area contributed by atoms with Crippen LogP contribution in [0.2, 0.25) is 0 Å². The van der Waals surface area contributed by atoms with Gasteiger partial charge in [-0.3, -0.25) is 14.6 Å². The Bertz CT molecular complexity index is 1370. The Morgan fingerprint density at radius 1 is 1.12 bits per heavy atom. The van der Waals surface area contributed by atoms with E-state index in [1.165, 1.54) is 6.92 Å². The summed E-state index contributed by atoms with van der Waals surface area (Å²) in [5.74, 6) is 1.71. The van der Waals surface area contributed by atoms with E-state index in [1.807, 2.05) is 29.1 Å². The Morgan fingerprint density at radius 3 is 2.60 bits per heavy atom. The molecular formula is C35H48N4O4. The second kappa shape index (κ2) is 11.2. The number of esters is 1. The lowest BCUT2D eigenvalue weighted by atomic mass is 9.41. The maximum Gasteiger partial charge on any atom is 0.302 e. The topological polar surface area (TPSA) is 104 Å². The first-order chi connectivity index (χ1) is 20.4. The van der Waals surface area contributed by atoms with Gasteiger partial charge in [-0.15, -0.1) is 5.10 Å². The molecule has 43 heavy (non-hydrogen) atoms. The zero-order chi connectivity index (χ0) is 30.7. The maximum absolute atomic E-state index is 15.3. The van der Waals surface area contributed by atoms with Crippen LogP contribution in [0.25, 0.3) is 11.4 Å². The highest BCUT2D eigenvalue weighted by molar-refractivity contribution is 5.91. The Morgan fingerprint density at radius 2 is 1.91 bits per heavy atom. The Kier molecular flexibility index (Phi) is 7.87. The van der Waals surface area contributed by atoms with Crippen molar-refractivity contribution in [3.05, 3.63) is 30.6 Å². The summed E-state index contributed by atoms with van der Waals surface area (Å²) in [6, 6.07) is 5.22. The third-order valence-electron chi connectivity index (χ3n) is 12.5. The van der Waals surface area contributed by atoms with E-state index in [0.717, 1.165) is 50.6 Å². The third kappa shape index (κ3) is 4.97. The molecule has 2 aromatic rings. The molecule has 4 unspecified atom stereocenters. The monoisotopic (exact) mass is 588 g/mol. The third-order valence-corrected chi connectivity index (χ3v) is 12.5. The van der Waals surface area contributed by atoms with Crippen LogP contribution in [-0.4, -0.2) is 43.6 Å². The number of hydrogen-bond donors (Lipinski definition) is 0. The van der Waals surface area contributed by atoms with Gasteiger partial charge in [0.1, 0.15) is 23.6 Å². The molecule has 2 heterocycles. The summed E-state index contributed by atoms with van der Waals surface area (Å²) in [5, 5.41) is 9.18. The number of pyridine rings is 1. The van der Waals surface area contributed by atoms with Gasteiger partial charge >= 0.3 is 5.97 Å². The van der Waals surface area contributed by atoms with E-state index in [2.05, 4.69) is 43.0 Å². The van der Waals surface area contributed by atoms with Gasteiger partial charge in [-0.05, 0) is 92.6 Å². The number of ether oxygens (including phenoxy) is 1. The van der Waals surface area contributed by atoms with Gasteiger partial charge in [-0.2, -0.15) is 0 Å². The number of ketones is 2. The molecule has 0 radical (unpaired) electrons. The van der Waals surface area contributed by atoms with Crippen molar-refractivity contribution in [2.45, 2.75) is 105 Å². The lowest BCUT2D eigenvalue weighted by Gasteiger charge is -2.64. The van der Waals surface area contributed by atoms with E-state index in [1.54, 1.807) is 13.1 Å². The van der Waals surface area contributed by atoms with Crippen molar-refractivity contribution in [2.75, 3.05) is 0 Å². The zero-order valence-electron chi connectivity index (χ0n) is 26.7. The van der Waals surface area contributed by atoms with Gasteiger partial charge in [0.2, 0.25) is 0 Å². The van der Waals surface area contributed by atoms with Crippen LogP contribution < -0.4 is 0 Å². The van der Waals surface area contributed by atoms with Crippen molar-refractivity contribution in [2.24, 2.45) is 52.3 Å². The van der Waals surface area contributed by atoms with Crippen LogP contribution in [0.3, 0.4) is 0 Å². The van der Waals surface area contributed by atoms with E-state index in [9.17, 15) is 9.59 Å². The minimum atomic E-state index is -0.608. The molecule has 0 amide bonds. The second-order valence-electron chi connectivity index (χ2n) is 15.0. The lowest BCUT2D eigenvalue weighted by Crippen LogP contribution is -2.65. The highest BCUT2D eigenvalue weighted by Gasteiger charge is 2.70. The van der Waals surface area contributed by atoms with Crippen molar-refractivity contribution in [1.29, 1.82) is 0 Å². The van der Waals surface area contributed by atoms with Crippen LogP contribution in [0.4, 0.5) is 0 Å². The average Bonchev–Trinajstić information content (AvgIpc) is 3.59. The molecule has 0 spiro atoms. The van der Waals surface area contributed by atoms with Crippen molar-refractivity contribution in [3.63, 3.8) is 0 Å². The fraction of sp³-hybridized carbons (Fsp3) is 0.714. The molecule has 8 heteroatoms. The molecule has 6 rings (SSSR count). The molecule has 232 valence electrons. The summed E-state index contributed by atoms with van der Waals surface area (Å²) in [5.41, 5.74) is 0.695. The van der Waals surface area contributed by atoms with E-state index in [4.69, 9.17) is 4.74 Å². The molecular weight excluding hydrogens is 540 g/mol. The number of aromatic nitrogens is 4. The van der Waals surface area contributed by atoms with Crippen molar-refractivity contribution < 1.29 is 19.1 Å². The first-order valence-corrected chi connectivity index (χ1v) is 16.5. The predicted molar refractivity (Wildman–Crippen MR) is 162 cm³/mol. The van der Waals surface area contributed by atoms with E-state index < -0.39 is 11.5 Å². The highest BCUT2D eigenvalue weighted by atomic mass is 16.5. The first-order valence-electron chi connectivity index (χ1n) is 16.5. The Hall–Kier alpha value is -2.90. The molecule has 4 aliphatic rings. The number of carbonyl (C=O) groups is 3. The van der Waals surface area contributed by atoms with E-state index >= 15 is 4.79 Å². The SMILES string of the molecule is CC(=O)CC[C@@H](C)C1CCC2C3C([C@H](n4cc(-c5ccccn5)nn4)C(=O)[C@@]21C)[C@@]1(C)CC[C@@H](C)C[C@H]1C[C@H]3OC(C)=O. The van der Waals surface area contributed by atoms with Gasteiger partial charge in [-0.1, -0.05) is 45.4 Å². The largest absolute Gasteiger partial charge is 0.462 e. The fourth-order valence-electron chi connectivity index (χ4n) is 10.5. The summed E-state index contributed by atoms with van der Waals surface area (Å²) >= 11 is 0. The molecule has 8 nitrogen and oxygen atoms in total. The molecule has 4 saturated carbocycles. The van der Waals surface area contributed by atoms with E-state index in [0.29, 0.717) is 24.0 Å². The molecule has 0 aliphatic heterocycles. The number of fused-ring (bicyclic) bond motifs is 5. The van der Waals surface area contributed by atoms with Crippen molar-refractivity contribution >= 4 is 17.5 Å². The summed E-state index contributed by atoms with van der Waals surface area (Å²) in [4.78, 5) is 44.3. The summed E-state index contributed by atoms with van der Waals surface area (Å²) in [7, 11) is 0. The molecule has 4 aliphatic carbocycles. The Labute approximate surface area is 255 Å². The van der Waals surface area contributed by atoms with Gasteiger partial charge in [0.25, 0.3) is 0 Å². The van der Waals surface area contributed by atoms with Crippen LogP contribution in [0.15, 0.2) is 30.6 Å². The van der Waals surface area contributed by atoms with Gasteiger partial charge in [-0.25, -0.2) is 4.68 Å². The summed E-state index contributed by atoms with van der Waals surface area (Å²) in [6.45, 7) is 12.3. The number of carbonyl (C=O) groups excluding carboxylic acids is 3. The fourth-order valence-corrected chi connectivity index (χ4v) is 10.5. The number of nitrogens with zero attached hydrogens (tertiary/aromatic N) is 4. The van der Waals surface area contributed by atoms with Crippen LogP contribution in [0.5, 0.6) is 0 Å². The average molecular weight is 589 g/mol. The van der Waals surface area contributed by atoms with Crippen LogP contribution in [0.1, 0.15) is 99.0 Å². The Balaban J connectivity index is 1.49. The van der Waals surface area contributed by atoms with Gasteiger partial charge in [0.05, 0.1) is 11.9 Å². The quantitative estimate of drug-likeness (QED) is 0.340. The second-order valence-corrected chi connectivity index (χ2v) is 15.0. The number of Topliss-reactive ketones (excluding diaryl/α,β-unsaturated/α-hetero) is 2. The van der Waals surface area contributed by atoms with Gasteiger partial charge < -0.3 is 9.53 Å². The minimum absolute atomic E-state index is 0.0155. The summed E-state index contributed by atoms with van der Waals surface area (Å²) in [6.07, 6.45) is 10.8. The van der Waals surface area contributed by atoms with Gasteiger partial charge in [0, 0.05) is 36.8 Å². The van der Waals surface area contributed by atoms with Crippen LogP contribution in [-0.2, 0) is 19.1 Å². The standard InChI is InChI=1S/C35H48N4O4/c1-20-14-15-34(5)24(17-20)18-29(43-23(4)41)30-26-13-12-25(21(2)10-11-22(3)40)35(26,6)33(42)32(31(30)34)39-19-28(37-38-39)27-9-7-8-16-36-27/h7-9,16,19-21,24-26,29-32H,10-15,17-18H2,1-6H3/t20-,21-,24+,25?,26?,29-,30?,31?,32+,34+,35-/m1/s1. The molecule has 4 fully saturated rings. The normalized spacial score (nSPS) is 39.3. The molecule has 0 N–H and O–H groups in total. The number of hydrogen-bond acceptors (Lipinski definition) is 7. The number of rotatable bonds is 7. The molecule has 2 aromatic heterocycles. The van der Waals surface area contributed by atoms with Crippen molar-refractivity contribution in [3.8, 4) is 11.4 Å². The van der Waals surface area contributed by atoms with Gasteiger partial charge in [0.15, 0.2) is 5.78 Å². The predicted octanol–water partition coefficient (Wildman–Crippen LogP) is 6.51. The highest BCUT2D eigenvalue weighted by Crippen LogP contribution is 2.70. The molecule has 0 aromatic carbocycles. The van der Waals surface area contributed by atoms with E-state index in [-0.39, 0.29) is 58.6 Å². The summed E-state index contributed by atoms with van der Waals surface area (Å²) < 4.78 is 8.11.